The number of aromatic nitrogens is 1. The molecule has 0 aliphatic heterocycles. The Hall–Kier alpha value is -3.27. The minimum absolute atomic E-state index is 0.0163. The Bertz CT molecular complexity index is 842. The number of rotatable bonds is 7. The molecule has 1 heterocycles. The summed E-state index contributed by atoms with van der Waals surface area (Å²) < 4.78 is 28.9. The van der Waals surface area contributed by atoms with Crippen LogP contribution >= 0.6 is 0 Å². The molecule has 0 saturated heterocycles. The van der Waals surface area contributed by atoms with Crippen LogP contribution in [-0.2, 0) is 6.54 Å². The number of pyridine rings is 1. The number of carbonyl (C=O) groups is 1. The van der Waals surface area contributed by atoms with Crippen molar-refractivity contribution in [1.29, 1.82) is 0 Å². The number of hydrazine groups is 1. The van der Waals surface area contributed by atoms with Gasteiger partial charge in [-0.3, -0.25) is 4.79 Å². The highest BCUT2D eigenvalue weighted by Gasteiger charge is 2.12. The van der Waals surface area contributed by atoms with Crippen molar-refractivity contribution in [1.82, 2.24) is 15.4 Å². The third-order valence-electron chi connectivity index (χ3n) is 3.32. The van der Waals surface area contributed by atoms with E-state index >= 15 is 0 Å². The molecule has 2 aromatic rings. The van der Waals surface area contributed by atoms with Crippen LogP contribution in [0.5, 0.6) is 5.75 Å². The van der Waals surface area contributed by atoms with Crippen molar-refractivity contribution in [3.8, 4) is 5.75 Å². The van der Waals surface area contributed by atoms with Crippen molar-refractivity contribution in [2.75, 3.05) is 7.05 Å². The van der Waals surface area contributed by atoms with E-state index in [4.69, 9.17) is 11.6 Å². The van der Waals surface area contributed by atoms with Gasteiger partial charge in [0.25, 0.3) is 5.91 Å². The number of nitrogens with zero attached hydrogens (tertiary/aromatic N) is 3. The molecule has 0 aliphatic carbocycles. The molecule has 0 bridgehead atoms. The van der Waals surface area contributed by atoms with Gasteiger partial charge >= 0.3 is 6.61 Å². The average Bonchev–Trinajstić information content (AvgIpc) is 2.58. The molecule has 1 aromatic carbocycles. The zero-order valence-corrected chi connectivity index (χ0v) is 14.8. The van der Waals surface area contributed by atoms with Crippen LogP contribution in [0.15, 0.2) is 41.5 Å². The summed E-state index contributed by atoms with van der Waals surface area (Å²) in [6, 6.07) is 9.22. The van der Waals surface area contributed by atoms with E-state index in [0.717, 1.165) is 5.12 Å². The average molecular weight is 378 g/mol. The number of hydrogen-bond donors (Lipinski definition) is 3. The quantitative estimate of drug-likeness (QED) is 0.290. The van der Waals surface area contributed by atoms with E-state index in [1.165, 1.54) is 25.2 Å². The van der Waals surface area contributed by atoms with Gasteiger partial charge in [-0.05, 0) is 36.8 Å². The lowest BCUT2D eigenvalue weighted by atomic mass is 10.1. The van der Waals surface area contributed by atoms with Crippen LogP contribution in [0.4, 0.5) is 8.78 Å². The molecular formula is C17H20F2N6O2. The normalized spacial score (nSPS) is 11.4. The predicted octanol–water partition coefficient (Wildman–Crippen LogP) is 1.35. The van der Waals surface area contributed by atoms with Crippen molar-refractivity contribution in [2.24, 2.45) is 16.7 Å². The number of amidine groups is 1. The number of nitrogens with one attached hydrogen (secondary N) is 1. The van der Waals surface area contributed by atoms with Gasteiger partial charge in [-0.2, -0.15) is 8.78 Å². The first-order chi connectivity index (χ1) is 12.7. The number of alkyl halides is 2. The monoisotopic (exact) mass is 378 g/mol. The molecule has 144 valence electrons. The van der Waals surface area contributed by atoms with Crippen LogP contribution in [0.3, 0.4) is 0 Å². The Morgan fingerprint density at radius 2 is 2.11 bits per heavy atom. The SMILES string of the molecule is Cc1cc(/C(N)=N/N(C)N)cc(C(=O)NCc2cccc(OC(F)F)c2)n1. The number of ether oxygens (including phenoxy) is 1. The topological polar surface area (TPSA) is 119 Å². The minimum Gasteiger partial charge on any atom is -0.435 e. The zero-order valence-electron chi connectivity index (χ0n) is 14.8. The lowest BCUT2D eigenvalue weighted by Crippen LogP contribution is -2.27. The van der Waals surface area contributed by atoms with E-state index in [1.807, 2.05) is 0 Å². The first-order valence-corrected chi connectivity index (χ1v) is 7.88. The van der Waals surface area contributed by atoms with Crippen LogP contribution in [0, 0.1) is 6.92 Å². The molecule has 10 heteroatoms. The van der Waals surface area contributed by atoms with Gasteiger partial charge < -0.3 is 15.8 Å². The van der Waals surface area contributed by atoms with Gasteiger partial charge in [0.2, 0.25) is 0 Å². The molecule has 0 spiro atoms. The molecule has 0 saturated carbocycles. The van der Waals surface area contributed by atoms with Crippen LogP contribution in [0.25, 0.3) is 0 Å². The third kappa shape index (κ3) is 6.19. The molecular weight excluding hydrogens is 358 g/mol. The van der Waals surface area contributed by atoms with Gasteiger partial charge in [-0.1, -0.05) is 12.1 Å². The van der Waals surface area contributed by atoms with Gasteiger partial charge in [-0.15, -0.1) is 5.10 Å². The highest BCUT2D eigenvalue weighted by atomic mass is 19.3. The molecule has 0 atom stereocenters. The van der Waals surface area contributed by atoms with Crippen molar-refractivity contribution in [3.63, 3.8) is 0 Å². The maximum absolute atomic E-state index is 12.4. The number of amides is 1. The summed E-state index contributed by atoms with van der Waals surface area (Å²) in [5, 5.41) is 7.61. The van der Waals surface area contributed by atoms with Gasteiger partial charge in [-0.25, -0.2) is 15.9 Å². The second-order valence-corrected chi connectivity index (χ2v) is 5.65. The number of nitrogens with two attached hydrogens (primary N) is 2. The van der Waals surface area contributed by atoms with Crippen molar-refractivity contribution >= 4 is 11.7 Å². The molecule has 2 rings (SSSR count). The minimum atomic E-state index is -2.91. The van der Waals surface area contributed by atoms with E-state index in [9.17, 15) is 13.6 Å². The highest BCUT2D eigenvalue weighted by molar-refractivity contribution is 6.00. The van der Waals surface area contributed by atoms with E-state index in [2.05, 4.69) is 20.1 Å². The maximum Gasteiger partial charge on any atom is 0.387 e. The van der Waals surface area contributed by atoms with Crippen molar-refractivity contribution in [3.05, 3.63) is 58.9 Å². The Labute approximate surface area is 154 Å². The largest absolute Gasteiger partial charge is 0.435 e. The summed E-state index contributed by atoms with van der Waals surface area (Å²) in [7, 11) is 1.51. The summed E-state index contributed by atoms with van der Waals surface area (Å²) in [5.74, 6) is 5.14. The summed E-state index contributed by atoms with van der Waals surface area (Å²) in [6.07, 6.45) is 0. The molecule has 5 N–H and O–H groups in total. The summed E-state index contributed by atoms with van der Waals surface area (Å²) in [5.41, 5.74) is 7.66. The number of benzene rings is 1. The number of aryl methyl sites for hydroxylation is 1. The van der Waals surface area contributed by atoms with Gasteiger partial charge in [0.1, 0.15) is 11.4 Å². The van der Waals surface area contributed by atoms with Crippen LogP contribution in [0.1, 0.15) is 27.3 Å². The van der Waals surface area contributed by atoms with Crippen LogP contribution in [0.2, 0.25) is 0 Å². The summed E-state index contributed by atoms with van der Waals surface area (Å²) in [6.45, 7) is -1.09. The van der Waals surface area contributed by atoms with Crippen LogP contribution < -0.4 is 21.6 Å². The van der Waals surface area contributed by atoms with Crippen molar-refractivity contribution < 1.29 is 18.3 Å². The van der Waals surface area contributed by atoms with E-state index in [1.54, 1.807) is 25.1 Å². The molecule has 27 heavy (non-hydrogen) atoms. The second-order valence-electron chi connectivity index (χ2n) is 5.65. The molecule has 8 nitrogen and oxygen atoms in total. The maximum atomic E-state index is 12.4. The predicted molar refractivity (Wildman–Crippen MR) is 95.9 cm³/mol. The number of carbonyl (C=O) groups excluding carboxylic acids is 1. The Kier molecular flexibility index (Phi) is 6.61. The number of hydrogen-bond acceptors (Lipinski definition) is 6. The highest BCUT2D eigenvalue weighted by Crippen LogP contribution is 2.16. The number of hydrazone groups is 1. The van der Waals surface area contributed by atoms with Crippen LogP contribution in [-0.4, -0.2) is 35.5 Å². The lowest BCUT2D eigenvalue weighted by Gasteiger charge is -2.10. The third-order valence-corrected chi connectivity index (χ3v) is 3.32. The van der Waals surface area contributed by atoms with Gasteiger partial charge in [0.15, 0.2) is 5.84 Å². The Morgan fingerprint density at radius 1 is 1.37 bits per heavy atom. The molecule has 0 fully saturated rings. The zero-order chi connectivity index (χ0) is 20.0. The Morgan fingerprint density at radius 3 is 2.78 bits per heavy atom. The summed E-state index contributed by atoms with van der Waals surface area (Å²) in [4.78, 5) is 16.6. The first kappa shape index (κ1) is 20.0. The van der Waals surface area contributed by atoms with E-state index < -0.39 is 12.5 Å². The lowest BCUT2D eigenvalue weighted by molar-refractivity contribution is -0.0498. The molecule has 1 amide bonds. The molecule has 1 aromatic heterocycles. The van der Waals surface area contributed by atoms with Gasteiger partial charge in [0, 0.05) is 24.8 Å². The first-order valence-electron chi connectivity index (χ1n) is 7.88. The fraction of sp³-hybridized carbons (Fsp3) is 0.235. The fourth-order valence-corrected chi connectivity index (χ4v) is 2.26. The van der Waals surface area contributed by atoms with E-state index in [0.29, 0.717) is 16.8 Å². The number of halogens is 2. The molecule has 0 unspecified atom stereocenters. The second kappa shape index (κ2) is 8.90. The van der Waals surface area contributed by atoms with Crippen molar-refractivity contribution in [2.45, 2.75) is 20.1 Å². The smallest absolute Gasteiger partial charge is 0.387 e. The van der Waals surface area contributed by atoms with E-state index in [-0.39, 0.29) is 23.8 Å². The Balaban J connectivity index is 2.11. The fourth-order valence-electron chi connectivity index (χ4n) is 2.26. The summed E-state index contributed by atoms with van der Waals surface area (Å²) >= 11 is 0. The molecule has 0 aliphatic rings. The standard InChI is InChI=1S/C17H20F2N6O2/c1-10-6-12(15(20)24-25(2)21)8-14(23-10)16(26)22-9-11-4-3-5-13(7-11)27-17(18)19/h3-8,17H,9,21H2,1-2H3,(H2,20,24)(H,22,26). The van der Waals surface area contributed by atoms with Gasteiger partial charge in [0.05, 0.1) is 0 Å². The molecule has 0 radical (unpaired) electrons.